The molecule has 3 N–H and O–H groups in total. The first kappa shape index (κ1) is 17.1. The number of hydrogen-bond acceptors (Lipinski definition) is 3. The van der Waals surface area contributed by atoms with Gasteiger partial charge in [-0.2, -0.15) is 0 Å². The van der Waals surface area contributed by atoms with Crippen LogP contribution in [0.5, 0.6) is 0 Å². The molecule has 0 saturated carbocycles. The molecule has 4 nitrogen and oxygen atoms in total. The van der Waals surface area contributed by atoms with E-state index in [1.807, 2.05) is 43.3 Å². The van der Waals surface area contributed by atoms with Gasteiger partial charge in [-0.1, -0.05) is 35.9 Å². The smallest absolute Gasteiger partial charge is 0.255 e. The van der Waals surface area contributed by atoms with Crippen LogP contribution < -0.4 is 11.1 Å². The monoisotopic (exact) mass is 351 g/mol. The normalized spacial score (nSPS) is 11.8. The van der Waals surface area contributed by atoms with Gasteiger partial charge in [0.1, 0.15) is 0 Å². The summed E-state index contributed by atoms with van der Waals surface area (Å²) in [6, 6.07) is 16.3. The fraction of sp³-hybridized carbons (Fsp3) is 0.100. The van der Waals surface area contributed by atoms with E-state index in [9.17, 15) is 4.79 Å². The average molecular weight is 352 g/mol. The first-order chi connectivity index (χ1) is 12.1. The number of nitrogens with one attached hydrogen (secondary N) is 1. The van der Waals surface area contributed by atoms with Gasteiger partial charge in [-0.15, -0.1) is 0 Å². The van der Waals surface area contributed by atoms with Crippen LogP contribution in [0.4, 0.5) is 5.69 Å². The standard InChI is InChI=1S/C20H18ClN3O/c1-13(22)16-7-6-14(20(25)24-15-8-10-23-11-9-15)12-18(16)17-4-2-3-5-19(17)21/h2-13H,22H2,1H3,(H,23,24,25). The second kappa shape index (κ2) is 7.47. The van der Waals surface area contributed by atoms with E-state index in [2.05, 4.69) is 10.3 Å². The van der Waals surface area contributed by atoms with E-state index in [1.165, 1.54) is 0 Å². The molecule has 3 rings (SSSR count). The summed E-state index contributed by atoms with van der Waals surface area (Å²) >= 11 is 6.35. The summed E-state index contributed by atoms with van der Waals surface area (Å²) in [5.74, 6) is -0.198. The molecule has 1 unspecified atom stereocenters. The minimum atomic E-state index is -0.198. The van der Waals surface area contributed by atoms with Crippen LogP contribution in [0, 0.1) is 0 Å². The molecule has 0 aliphatic carbocycles. The number of carbonyl (C=O) groups excluding carboxylic acids is 1. The molecule has 0 radical (unpaired) electrons. The molecule has 0 aliphatic rings. The number of hydrogen-bond donors (Lipinski definition) is 2. The van der Waals surface area contributed by atoms with Gasteiger partial charge in [-0.25, -0.2) is 0 Å². The molecule has 0 fully saturated rings. The Kier molecular flexibility index (Phi) is 5.12. The predicted octanol–water partition coefficient (Wildman–Crippen LogP) is 4.67. The Morgan fingerprint density at radius 1 is 1.08 bits per heavy atom. The topological polar surface area (TPSA) is 68.0 Å². The molecule has 0 spiro atoms. The highest BCUT2D eigenvalue weighted by molar-refractivity contribution is 6.33. The maximum atomic E-state index is 12.6. The number of rotatable bonds is 4. The summed E-state index contributed by atoms with van der Waals surface area (Å²) in [7, 11) is 0. The van der Waals surface area contributed by atoms with E-state index < -0.39 is 0 Å². The summed E-state index contributed by atoms with van der Waals surface area (Å²) < 4.78 is 0. The van der Waals surface area contributed by atoms with Gasteiger partial charge in [-0.3, -0.25) is 9.78 Å². The second-order valence-corrected chi connectivity index (χ2v) is 6.17. The number of benzene rings is 2. The van der Waals surface area contributed by atoms with Crippen LogP contribution in [0.15, 0.2) is 67.0 Å². The van der Waals surface area contributed by atoms with Crippen molar-refractivity contribution in [2.45, 2.75) is 13.0 Å². The Morgan fingerprint density at radius 3 is 2.48 bits per heavy atom. The van der Waals surface area contributed by atoms with Crippen molar-refractivity contribution in [1.29, 1.82) is 0 Å². The van der Waals surface area contributed by atoms with Gasteiger partial charge >= 0.3 is 0 Å². The summed E-state index contributed by atoms with van der Waals surface area (Å²) in [5, 5.41) is 3.48. The highest BCUT2D eigenvalue weighted by Gasteiger charge is 2.15. The summed E-state index contributed by atoms with van der Waals surface area (Å²) in [6.45, 7) is 1.91. The number of amides is 1. The number of pyridine rings is 1. The van der Waals surface area contributed by atoms with E-state index in [4.69, 9.17) is 17.3 Å². The van der Waals surface area contributed by atoms with E-state index in [-0.39, 0.29) is 11.9 Å². The average Bonchev–Trinajstić information content (AvgIpc) is 2.62. The van der Waals surface area contributed by atoms with E-state index in [1.54, 1.807) is 30.6 Å². The van der Waals surface area contributed by atoms with Crippen molar-refractivity contribution in [3.8, 4) is 11.1 Å². The first-order valence-corrected chi connectivity index (χ1v) is 8.30. The van der Waals surface area contributed by atoms with Gasteiger partial charge in [0.25, 0.3) is 5.91 Å². The number of anilines is 1. The van der Waals surface area contributed by atoms with Crippen LogP contribution in [0.3, 0.4) is 0 Å². The second-order valence-electron chi connectivity index (χ2n) is 5.76. The molecule has 1 amide bonds. The number of carbonyl (C=O) groups is 1. The molecule has 0 saturated heterocycles. The predicted molar refractivity (Wildman–Crippen MR) is 102 cm³/mol. The van der Waals surface area contributed by atoms with Gasteiger partial charge in [-0.05, 0) is 48.4 Å². The van der Waals surface area contributed by atoms with Crippen LogP contribution in [-0.4, -0.2) is 10.9 Å². The lowest BCUT2D eigenvalue weighted by Gasteiger charge is -2.16. The molecule has 1 atom stereocenters. The van der Waals surface area contributed by atoms with E-state index in [0.717, 1.165) is 16.7 Å². The molecule has 2 aromatic carbocycles. The maximum absolute atomic E-state index is 12.6. The van der Waals surface area contributed by atoms with Crippen molar-refractivity contribution >= 4 is 23.2 Å². The minimum Gasteiger partial charge on any atom is -0.324 e. The molecule has 1 heterocycles. The van der Waals surface area contributed by atoms with Gasteiger partial charge < -0.3 is 11.1 Å². The summed E-state index contributed by atoms with van der Waals surface area (Å²) in [6.07, 6.45) is 3.26. The van der Waals surface area contributed by atoms with Crippen molar-refractivity contribution in [3.05, 3.63) is 83.1 Å². The Hall–Kier alpha value is -2.69. The Labute approximate surface area is 151 Å². The Morgan fingerprint density at radius 2 is 1.80 bits per heavy atom. The van der Waals surface area contributed by atoms with Gasteiger partial charge in [0.15, 0.2) is 0 Å². The lowest BCUT2D eigenvalue weighted by molar-refractivity contribution is 0.102. The number of aromatic nitrogens is 1. The van der Waals surface area contributed by atoms with Crippen molar-refractivity contribution in [3.63, 3.8) is 0 Å². The zero-order valence-corrected chi connectivity index (χ0v) is 14.5. The van der Waals surface area contributed by atoms with Crippen LogP contribution >= 0.6 is 11.6 Å². The lowest BCUT2D eigenvalue weighted by Crippen LogP contribution is -2.13. The third-order valence-corrected chi connectivity index (χ3v) is 4.24. The molecule has 126 valence electrons. The lowest BCUT2D eigenvalue weighted by atomic mass is 9.93. The van der Waals surface area contributed by atoms with Crippen LogP contribution in [-0.2, 0) is 0 Å². The Balaban J connectivity index is 2.01. The summed E-state index contributed by atoms with van der Waals surface area (Å²) in [4.78, 5) is 16.5. The zero-order valence-electron chi connectivity index (χ0n) is 13.7. The third kappa shape index (κ3) is 3.87. The largest absolute Gasteiger partial charge is 0.324 e. The molecular weight excluding hydrogens is 334 g/mol. The Bertz CT molecular complexity index is 894. The van der Waals surface area contributed by atoms with Gasteiger partial charge in [0.05, 0.1) is 0 Å². The maximum Gasteiger partial charge on any atom is 0.255 e. The third-order valence-electron chi connectivity index (χ3n) is 3.91. The fourth-order valence-electron chi connectivity index (χ4n) is 2.65. The van der Waals surface area contributed by atoms with Gasteiger partial charge in [0.2, 0.25) is 0 Å². The molecule has 0 bridgehead atoms. The van der Waals surface area contributed by atoms with E-state index in [0.29, 0.717) is 16.3 Å². The molecule has 0 aliphatic heterocycles. The van der Waals surface area contributed by atoms with Crippen molar-refractivity contribution in [2.24, 2.45) is 5.73 Å². The molecule has 3 aromatic rings. The molecule has 5 heteroatoms. The van der Waals surface area contributed by atoms with Crippen molar-refractivity contribution < 1.29 is 4.79 Å². The van der Waals surface area contributed by atoms with Crippen LogP contribution in [0.2, 0.25) is 5.02 Å². The molecule has 25 heavy (non-hydrogen) atoms. The van der Waals surface area contributed by atoms with E-state index >= 15 is 0 Å². The first-order valence-electron chi connectivity index (χ1n) is 7.92. The number of nitrogens with zero attached hydrogens (tertiary/aromatic N) is 1. The molecular formula is C20H18ClN3O. The zero-order chi connectivity index (χ0) is 17.8. The fourth-order valence-corrected chi connectivity index (χ4v) is 2.88. The van der Waals surface area contributed by atoms with Crippen molar-refractivity contribution in [1.82, 2.24) is 4.98 Å². The highest BCUT2D eigenvalue weighted by atomic mass is 35.5. The molecule has 1 aromatic heterocycles. The number of nitrogens with two attached hydrogens (primary N) is 1. The number of halogens is 1. The van der Waals surface area contributed by atoms with Crippen molar-refractivity contribution in [2.75, 3.05) is 5.32 Å². The van der Waals surface area contributed by atoms with Crippen LogP contribution in [0.1, 0.15) is 28.9 Å². The van der Waals surface area contributed by atoms with Crippen LogP contribution in [0.25, 0.3) is 11.1 Å². The highest BCUT2D eigenvalue weighted by Crippen LogP contribution is 2.33. The van der Waals surface area contributed by atoms with Gasteiger partial charge in [0, 0.05) is 40.3 Å². The SMILES string of the molecule is CC(N)c1ccc(C(=O)Nc2ccncc2)cc1-c1ccccc1Cl. The summed E-state index contributed by atoms with van der Waals surface area (Å²) in [5.41, 5.74) is 9.99. The minimum absolute atomic E-state index is 0.177. The quantitative estimate of drug-likeness (QED) is 0.717.